The summed E-state index contributed by atoms with van der Waals surface area (Å²) >= 11 is 0. The standard InChI is InChI=1S/C22H16N4O3/c1-13-3-7-19-20(9-13)25-22(24-19)15(12-23)11-17-5-8-21(29-17)18-6-4-16(26(27)28)10-14(18)2/h3-11H,1-2H3,(H,24,25). The van der Waals surface area contributed by atoms with E-state index in [0.717, 1.165) is 27.7 Å². The minimum Gasteiger partial charge on any atom is -0.457 e. The molecule has 1 N–H and O–H groups in total. The molecule has 0 aliphatic carbocycles. The highest BCUT2D eigenvalue weighted by molar-refractivity contribution is 5.89. The van der Waals surface area contributed by atoms with Crippen LogP contribution < -0.4 is 0 Å². The molecule has 7 heteroatoms. The Labute approximate surface area is 166 Å². The molecule has 4 rings (SSSR count). The molecule has 0 bridgehead atoms. The second kappa shape index (κ2) is 7.09. The molecule has 0 radical (unpaired) electrons. The minimum atomic E-state index is -0.429. The van der Waals surface area contributed by atoms with Crippen LogP contribution in [0.4, 0.5) is 5.69 Å². The lowest BCUT2D eigenvalue weighted by atomic mass is 10.1. The van der Waals surface area contributed by atoms with Crippen LogP contribution in [0.3, 0.4) is 0 Å². The average molecular weight is 384 g/mol. The van der Waals surface area contributed by atoms with Crippen molar-refractivity contribution in [1.29, 1.82) is 5.26 Å². The number of nitro benzene ring substituents is 1. The quantitative estimate of drug-likeness (QED) is 0.287. The first kappa shape index (κ1) is 18.2. The zero-order chi connectivity index (χ0) is 20.5. The lowest BCUT2D eigenvalue weighted by Crippen LogP contribution is -1.89. The largest absolute Gasteiger partial charge is 0.457 e. The molecule has 0 saturated heterocycles. The van der Waals surface area contributed by atoms with Crippen LogP contribution >= 0.6 is 0 Å². The van der Waals surface area contributed by atoms with Gasteiger partial charge in [-0.2, -0.15) is 5.26 Å². The van der Waals surface area contributed by atoms with Crippen molar-refractivity contribution in [3.63, 3.8) is 0 Å². The number of non-ortho nitro benzene ring substituents is 1. The summed E-state index contributed by atoms with van der Waals surface area (Å²) in [4.78, 5) is 18.1. The number of nitrogens with zero attached hydrogens (tertiary/aromatic N) is 3. The maximum absolute atomic E-state index is 10.9. The number of H-pyrrole nitrogens is 1. The number of fused-ring (bicyclic) bond motifs is 1. The minimum absolute atomic E-state index is 0.0322. The van der Waals surface area contributed by atoms with Gasteiger partial charge in [0, 0.05) is 23.8 Å². The summed E-state index contributed by atoms with van der Waals surface area (Å²) in [6, 6.07) is 16.1. The van der Waals surface area contributed by atoms with Crippen LogP contribution in [0.2, 0.25) is 0 Å². The number of aryl methyl sites for hydroxylation is 2. The number of rotatable bonds is 4. The number of nitrogens with one attached hydrogen (secondary N) is 1. The summed E-state index contributed by atoms with van der Waals surface area (Å²) < 4.78 is 5.86. The Kier molecular flexibility index (Phi) is 4.45. The normalized spacial score (nSPS) is 11.6. The highest BCUT2D eigenvalue weighted by Gasteiger charge is 2.13. The Balaban J connectivity index is 1.68. The van der Waals surface area contributed by atoms with E-state index in [-0.39, 0.29) is 5.69 Å². The highest BCUT2D eigenvalue weighted by Crippen LogP contribution is 2.29. The van der Waals surface area contributed by atoms with Gasteiger partial charge in [-0.15, -0.1) is 0 Å². The van der Waals surface area contributed by atoms with Crippen molar-refractivity contribution in [2.24, 2.45) is 0 Å². The highest BCUT2D eigenvalue weighted by atomic mass is 16.6. The number of imidazole rings is 1. The predicted octanol–water partition coefficient (Wildman–Crippen LogP) is 5.41. The summed E-state index contributed by atoms with van der Waals surface area (Å²) in [6.07, 6.45) is 1.62. The monoisotopic (exact) mass is 384 g/mol. The van der Waals surface area contributed by atoms with Crippen molar-refractivity contribution in [1.82, 2.24) is 9.97 Å². The summed E-state index contributed by atoms with van der Waals surface area (Å²) in [5, 5.41) is 20.5. The van der Waals surface area contributed by atoms with Gasteiger partial charge < -0.3 is 9.40 Å². The van der Waals surface area contributed by atoms with Gasteiger partial charge in [0.1, 0.15) is 23.4 Å². The average Bonchev–Trinajstić information content (AvgIpc) is 3.32. The van der Waals surface area contributed by atoms with E-state index in [1.165, 1.54) is 12.1 Å². The Morgan fingerprint density at radius 3 is 2.76 bits per heavy atom. The molecular weight excluding hydrogens is 368 g/mol. The summed E-state index contributed by atoms with van der Waals surface area (Å²) in [7, 11) is 0. The van der Waals surface area contributed by atoms with Crippen molar-refractivity contribution in [2.75, 3.05) is 0 Å². The van der Waals surface area contributed by atoms with Gasteiger partial charge in [0.2, 0.25) is 0 Å². The third-order valence-electron chi connectivity index (χ3n) is 4.61. The fraction of sp³-hybridized carbons (Fsp3) is 0.0909. The summed E-state index contributed by atoms with van der Waals surface area (Å²) in [5.41, 5.74) is 4.62. The second-order valence-corrected chi connectivity index (χ2v) is 6.73. The molecule has 0 atom stereocenters. The van der Waals surface area contributed by atoms with E-state index in [9.17, 15) is 15.4 Å². The third kappa shape index (κ3) is 3.51. The first-order valence-corrected chi connectivity index (χ1v) is 8.88. The first-order valence-electron chi connectivity index (χ1n) is 8.88. The van der Waals surface area contributed by atoms with Gasteiger partial charge in [0.05, 0.1) is 21.5 Å². The molecule has 2 aromatic carbocycles. The van der Waals surface area contributed by atoms with Crippen molar-refractivity contribution in [2.45, 2.75) is 13.8 Å². The van der Waals surface area contributed by atoms with Crippen LogP contribution in [-0.2, 0) is 0 Å². The van der Waals surface area contributed by atoms with Crippen LogP contribution in [0.5, 0.6) is 0 Å². The van der Waals surface area contributed by atoms with E-state index in [0.29, 0.717) is 22.9 Å². The number of hydrogen-bond acceptors (Lipinski definition) is 5. The van der Waals surface area contributed by atoms with Crippen LogP contribution in [-0.4, -0.2) is 14.9 Å². The Morgan fingerprint density at radius 1 is 1.21 bits per heavy atom. The molecular formula is C22H16N4O3. The molecule has 29 heavy (non-hydrogen) atoms. The zero-order valence-corrected chi connectivity index (χ0v) is 15.8. The number of hydrogen-bond donors (Lipinski definition) is 1. The molecule has 0 aliphatic heterocycles. The van der Waals surface area contributed by atoms with Crippen LogP contribution in [0.1, 0.15) is 22.7 Å². The molecule has 0 amide bonds. The van der Waals surface area contributed by atoms with Crippen molar-refractivity contribution >= 4 is 28.4 Å². The number of aromatic amines is 1. The lowest BCUT2D eigenvalue weighted by Gasteiger charge is -2.02. The fourth-order valence-electron chi connectivity index (χ4n) is 3.16. The lowest BCUT2D eigenvalue weighted by molar-refractivity contribution is -0.384. The SMILES string of the molecule is Cc1ccc2nc(C(C#N)=Cc3ccc(-c4ccc([N+](=O)[O-])cc4C)o3)[nH]c2c1. The number of benzene rings is 2. The van der Waals surface area contributed by atoms with Crippen LogP contribution in [0, 0.1) is 35.3 Å². The van der Waals surface area contributed by atoms with E-state index in [4.69, 9.17) is 4.42 Å². The molecule has 4 aromatic rings. The van der Waals surface area contributed by atoms with E-state index >= 15 is 0 Å². The van der Waals surface area contributed by atoms with Gasteiger partial charge >= 0.3 is 0 Å². The smallest absolute Gasteiger partial charge is 0.269 e. The molecule has 2 aromatic heterocycles. The molecule has 142 valence electrons. The predicted molar refractivity (Wildman–Crippen MR) is 110 cm³/mol. The summed E-state index contributed by atoms with van der Waals surface area (Å²) in [5.74, 6) is 1.53. The second-order valence-electron chi connectivity index (χ2n) is 6.73. The number of allylic oxidation sites excluding steroid dienone is 1. The molecule has 7 nitrogen and oxygen atoms in total. The Hall–Kier alpha value is -4.18. The van der Waals surface area contributed by atoms with Crippen molar-refractivity contribution in [3.8, 4) is 17.4 Å². The van der Waals surface area contributed by atoms with Crippen molar-refractivity contribution < 1.29 is 9.34 Å². The van der Waals surface area contributed by atoms with Gasteiger partial charge in [0.15, 0.2) is 0 Å². The fourth-order valence-corrected chi connectivity index (χ4v) is 3.16. The topological polar surface area (TPSA) is 109 Å². The molecule has 0 unspecified atom stereocenters. The maximum Gasteiger partial charge on any atom is 0.269 e. The van der Waals surface area contributed by atoms with E-state index in [1.807, 2.05) is 25.1 Å². The first-order chi connectivity index (χ1) is 13.9. The third-order valence-corrected chi connectivity index (χ3v) is 4.61. The van der Waals surface area contributed by atoms with Gasteiger partial charge in [0.25, 0.3) is 5.69 Å². The van der Waals surface area contributed by atoms with Gasteiger partial charge in [-0.05, 0) is 55.3 Å². The Bertz CT molecular complexity index is 1320. The van der Waals surface area contributed by atoms with E-state index in [1.54, 1.807) is 31.2 Å². The number of nitro groups is 1. The van der Waals surface area contributed by atoms with Crippen LogP contribution in [0.25, 0.3) is 34.0 Å². The number of furan rings is 1. The maximum atomic E-state index is 10.9. The number of nitriles is 1. The molecule has 0 spiro atoms. The zero-order valence-electron chi connectivity index (χ0n) is 15.8. The summed E-state index contributed by atoms with van der Waals surface area (Å²) in [6.45, 7) is 3.78. The van der Waals surface area contributed by atoms with Crippen molar-refractivity contribution in [3.05, 3.63) is 81.4 Å². The molecule has 0 fully saturated rings. The van der Waals surface area contributed by atoms with E-state index in [2.05, 4.69) is 16.0 Å². The van der Waals surface area contributed by atoms with Crippen LogP contribution in [0.15, 0.2) is 52.9 Å². The van der Waals surface area contributed by atoms with Gasteiger partial charge in [-0.1, -0.05) is 6.07 Å². The molecule has 0 aliphatic rings. The van der Waals surface area contributed by atoms with Gasteiger partial charge in [-0.3, -0.25) is 10.1 Å². The number of aromatic nitrogens is 2. The Morgan fingerprint density at radius 2 is 2.03 bits per heavy atom. The van der Waals surface area contributed by atoms with E-state index < -0.39 is 4.92 Å². The molecule has 2 heterocycles. The van der Waals surface area contributed by atoms with Gasteiger partial charge in [-0.25, -0.2) is 4.98 Å². The molecule has 0 saturated carbocycles.